The number of ether oxygens (including phenoxy) is 3. The van der Waals surface area contributed by atoms with E-state index in [0.29, 0.717) is 0 Å². The highest BCUT2D eigenvalue weighted by Crippen LogP contribution is 2.28. The van der Waals surface area contributed by atoms with E-state index in [1.165, 1.54) is 4.90 Å². The lowest BCUT2D eigenvalue weighted by Crippen LogP contribution is -2.70. The summed E-state index contributed by atoms with van der Waals surface area (Å²) in [7, 11) is 1.10. The average molecular weight is 376 g/mol. The van der Waals surface area contributed by atoms with Gasteiger partial charge in [-0.25, -0.2) is 18.8 Å². The van der Waals surface area contributed by atoms with Gasteiger partial charge in [0.15, 0.2) is 5.54 Å². The lowest BCUT2D eigenvalue weighted by atomic mass is 9.95. The van der Waals surface area contributed by atoms with E-state index in [9.17, 15) is 18.8 Å². The molecule has 0 aromatic rings. The second-order valence-corrected chi connectivity index (χ2v) is 8.19. The Morgan fingerprint density at radius 3 is 1.88 bits per heavy atom. The van der Waals surface area contributed by atoms with Crippen LogP contribution in [-0.2, 0) is 19.0 Å². The molecule has 1 aliphatic rings. The fourth-order valence-corrected chi connectivity index (χ4v) is 2.51. The molecule has 0 aliphatic carbocycles. The van der Waals surface area contributed by atoms with Gasteiger partial charge in [0, 0.05) is 13.1 Å². The Bertz CT molecular complexity index is 554. The normalized spacial score (nSPS) is 21.2. The molecule has 1 saturated heterocycles. The van der Waals surface area contributed by atoms with Crippen LogP contribution >= 0.6 is 0 Å². The third-order valence-electron chi connectivity index (χ3n) is 3.61. The summed E-state index contributed by atoms with van der Waals surface area (Å²) in [4.78, 5) is 39.4. The number of piperazine rings is 1. The molecule has 2 amide bonds. The average Bonchev–Trinajstić information content (AvgIpc) is 2.49. The summed E-state index contributed by atoms with van der Waals surface area (Å²) >= 11 is 0. The summed E-state index contributed by atoms with van der Waals surface area (Å²) in [5.41, 5.74) is -3.55. The third-order valence-corrected chi connectivity index (χ3v) is 3.61. The minimum absolute atomic E-state index is 0.0763. The van der Waals surface area contributed by atoms with Gasteiger partial charge in [0.25, 0.3) is 0 Å². The molecular weight excluding hydrogens is 347 g/mol. The summed E-state index contributed by atoms with van der Waals surface area (Å²) in [5.74, 6) is -0.959. The Morgan fingerprint density at radius 1 is 0.962 bits per heavy atom. The first-order chi connectivity index (χ1) is 11.8. The second kappa shape index (κ2) is 7.67. The number of hydrogen-bond donors (Lipinski definition) is 0. The van der Waals surface area contributed by atoms with E-state index in [0.717, 1.165) is 12.0 Å². The van der Waals surface area contributed by atoms with E-state index in [2.05, 4.69) is 0 Å². The topological polar surface area (TPSA) is 85.4 Å². The highest BCUT2D eigenvalue weighted by molar-refractivity contribution is 5.87. The number of alkyl halides is 1. The van der Waals surface area contributed by atoms with E-state index in [1.54, 1.807) is 41.5 Å². The van der Waals surface area contributed by atoms with Crippen LogP contribution in [0.2, 0.25) is 0 Å². The van der Waals surface area contributed by atoms with Crippen molar-refractivity contribution in [2.75, 3.05) is 33.4 Å². The van der Waals surface area contributed by atoms with Gasteiger partial charge in [-0.2, -0.15) is 0 Å². The molecule has 0 aromatic carbocycles. The van der Waals surface area contributed by atoms with Gasteiger partial charge in [-0.1, -0.05) is 0 Å². The summed E-state index contributed by atoms with van der Waals surface area (Å²) in [5, 5.41) is 0. The first-order valence-electron chi connectivity index (χ1n) is 8.39. The summed E-state index contributed by atoms with van der Waals surface area (Å²) in [6.45, 7) is 8.47. The van der Waals surface area contributed by atoms with E-state index in [1.807, 2.05) is 0 Å². The fraction of sp³-hybridized carbons (Fsp3) is 0.824. The van der Waals surface area contributed by atoms with E-state index >= 15 is 0 Å². The molecule has 0 aromatic heterocycles. The summed E-state index contributed by atoms with van der Waals surface area (Å²) in [6.07, 6.45) is -1.53. The molecule has 9 heteroatoms. The van der Waals surface area contributed by atoms with Gasteiger partial charge in [-0.05, 0) is 41.5 Å². The van der Waals surface area contributed by atoms with Crippen molar-refractivity contribution >= 4 is 18.2 Å². The van der Waals surface area contributed by atoms with Gasteiger partial charge >= 0.3 is 18.2 Å². The zero-order chi connectivity index (χ0) is 20.3. The van der Waals surface area contributed by atoms with Crippen LogP contribution < -0.4 is 0 Å². The first-order valence-corrected chi connectivity index (χ1v) is 8.39. The molecule has 150 valence electrons. The smallest absolute Gasteiger partial charge is 0.411 e. The number of rotatable bonds is 2. The molecule has 1 unspecified atom stereocenters. The van der Waals surface area contributed by atoms with Crippen molar-refractivity contribution in [1.82, 2.24) is 9.80 Å². The SMILES string of the molecule is COC(=O)C1(CF)CN(C(=O)OC(C)(C)C)CCN1C(=O)OC(C)(C)C. The number of hydrogen-bond acceptors (Lipinski definition) is 6. The minimum Gasteiger partial charge on any atom is -0.467 e. The van der Waals surface area contributed by atoms with Crippen LogP contribution in [0.25, 0.3) is 0 Å². The van der Waals surface area contributed by atoms with Crippen LogP contribution in [0.4, 0.5) is 14.0 Å². The predicted molar refractivity (Wildman–Crippen MR) is 91.5 cm³/mol. The van der Waals surface area contributed by atoms with Gasteiger partial charge in [-0.3, -0.25) is 4.90 Å². The molecule has 1 aliphatic heterocycles. The Kier molecular flexibility index (Phi) is 6.49. The van der Waals surface area contributed by atoms with Crippen molar-refractivity contribution < 1.29 is 33.0 Å². The van der Waals surface area contributed by atoms with Crippen LogP contribution in [-0.4, -0.2) is 78.1 Å². The van der Waals surface area contributed by atoms with Crippen LogP contribution in [0, 0.1) is 0 Å². The Morgan fingerprint density at radius 2 is 1.46 bits per heavy atom. The van der Waals surface area contributed by atoms with Gasteiger partial charge in [0.2, 0.25) is 0 Å². The van der Waals surface area contributed by atoms with Crippen molar-refractivity contribution in [2.45, 2.75) is 58.3 Å². The molecule has 26 heavy (non-hydrogen) atoms. The van der Waals surface area contributed by atoms with Crippen LogP contribution in [0.5, 0.6) is 0 Å². The van der Waals surface area contributed by atoms with Gasteiger partial charge in [-0.15, -0.1) is 0 Å². The molecule has 1 atom stereocenters. The van der Waals surface area contributed by atoms with E-state index in [4.69, 9.17) is 14.2 Å². The molecule has 0 N–H and O–H groups in total. The van der Waals surface area contributed by atoms with Crippen molar-refractivity contribution in [1.29, 1.82) is 0 Å². The zero-order valence-corrected chi connectivity index (χ0v) is 16.6. The summed E-state index contributed by atoms with van der Waals surface area (Å²) in [6, 6.07) is 0. The highest BCUT2D eigenvalue weighted by Gasteiger charge is 2.54. The lowest BCUT2D eigenvalue weighted by Gasteiger charge is -2.46. The van der Waals surface area contributed by atoms with Crippen molar-refractivity contribution in [3.05, 3.63) is 0 Å². The zero-order valence-electron chi connectivity index (χ0n) is 16.6. The number of carbonyl (C=O) groups excluding carboxylic acids is 3. The Labute approximate surface area is 153 Å². The second-order valence-electron chi connectivity index (χ2n) is 8.19. The van der Waals surface area contributed by atoms with Gasteiger partial charge in [0.05, 0.1) is 13.7 Å². The molecule has 1 heterocycles. The maximum absolute atomic E-state index is 14.1. The van der Waals surface area contributed by atoms with Gasteiger partial charge in [0.1, 0.15) is 17.9 Å². The number of amides is 2. The monoisotopic (exact) mass is 376 g/mol. The summed E-state index contributed by atoms with van der Waals surface area (Å²) < 4.78 is 29.3. The standard InChI is InChI=1S/C17H29FN2O6/c1-15(2,3)25-13(22)19-8-9-20(14(23)26-16(4,5)6)17(10-18,11-19)12(21)24-7/h8-11H2,1-7H3. The van der Waals surface area contributed by atoms with Crippen molar-refractivity contribution in [3.63, 3.8) is 0 Å². The van der Waals surface area contributed by atoms with Gasteiger partial charge < -0.3 is 19.1 Å². The van der Waals surface area contributed by atoms with E-state index in [-0.39, 0.29) is 19.6 Å². The van der Waals surface area contributed by atoms with Crippen LogP contribution in [0.3, 0.4) is 0 Å². The lowest BCUT2D eigenvalue weighted by molar-refractivity contribution is -0.160. The maximum atomic E-state index is 14.1. The largest absolute Gasteiger partial charge is 0.467 e. The fourth-order valence-electron chi connectivity index (χ4n) is 2.51. The molecule has 0 bridgehead atoms. The number of esters is 1. The molecule has 0 saturated carbocycles. The molecule has 1 rings (SSSR count). The predicted octanol–water partition coefficient (Wildman–Crippen LogP) is 2.36. The van der Waals surface area contributed by atoms with Crippen molar-refractivity contribution in [2.24, 2.45) is 0 Å². The molecular formula is C17H29FN2O6. The van der Waals surface area contributed by atoms with Crippen molar-refractivity contribution in [3.8, 4) is 0 Å². The Hall–Kier alpha value is -2.06. The minimum atomic E-state index is -1.98. The molecule has 1 fully saturated rings. The molecule has 8 nitrogen and oxygen atoms in total. The quantitative estimate of drug-likeness (QED) is 0.543. The van der Waals surface area contributed by atoms with Crippen LogP contribution in [0.1, 0.15) is 41.5 Å². The van der Waals surface area contributed by atoms with E-state index < -0.39 is 41.6 Å². The third kappa shape index (κ3) is 5.22. The molecule has 0 radical (unpaired) electrons. The van der Waals surface area contributed by atoms with Crippen LogP contribution in [0.15, 0.2) is 0 Å². The number of nitrogens with zero attached hydrogens (tertiary/aromatic N) is 2. The number of carbonyl (C=O) groups is 3. The number of halogens is 1. The Balaban J connectivity index is 3.14. The first kappa shape index (κ1) is 22.0. The molecule has 0 spiro atoms. The maximum Gasteiger partial charge on any atom is 0.411 e. The highest BCUT2D eigenvalue weighted by atomic mass is 19.1. The number of methoxy groups -OCH3 is 1.